The Morgan fingerprint density at radius 1 is 0.893 bits per heavy atom. The number of hydrogen-bond acceptors (Lipinski definition) is 5. The topological polar surface area (TPSA) is 52.6 Å². The van der Waals surface area contributed by atoms with Crippen LogP contribution >= 0.6 is 15.9 Å². The number of piperazine rings is 1. The SMILES string of the molecule is Cc1nc(N2CCCCC2)cc(N2CCN(C(=O)c3ccccc3Br)CC2)n1. The maximum Gasteiger partial charge on any atom is 0.255 e. The zero-order valence-corrected chi connectivity index (χ0v) is 17.9. The largest absolute Gasteiger partial charge is 0.356 e. The summed E-state index contributed by atoms with van der Waals surface area (Å²) in [6, 6.07) is 9.73. The maximum atomic E-state index is 12.8. The molecule has 2 saturated heterocycles. The summed E-state index contributed by atoms with van der Waals surface area (Å²) >= 11 is 3.49. The lowest BCUT2D eigenvalue weighted by Crippen LogP contribution is -2.49. The number of aryl methyl sites for hydroxylation is 1. The predicted octanol–water partition coefficient (Wildman–Crippen LogP) is 3.50. The average molecular weight is 444 g/mol. The Morgan fingerprint density at radius 2 is 1.50 bits per heavy atom. The van der Waals surface area contributed by atoms with E-state index in [-0.39, 0.29) is 5.91 Å². The van der Waals surface area contributed by atoms with E-state index in [4.69, 9.17) is 0 Å². The molecule has 2 fully saturated rings. The van der Waals surface area contributed by atoms with E-state index in [0.717, 1.165) is 53.7 Å². The van der Waals surface area contributed by atoms with Gasteiger partial charge in [-0.1, -0.05) is 12.1 Å². The standard InChI is InChI=1S/C21H26BrN5O/c1-16-23-19(25-9-5-2-6-10-25)15-20(24-16)26-11-13-27(14-12-26)21(28)17-7-3-4-8-18(17)22/h3-4,7-8,15H,2,5-6,9-14H2,1H3. The summed E-state index contributed by atoms with van der Waals surface area (Å²) < 4.78 is 0.847. The molecule has 0 unspecified atom stereocenters. The number of halogens is 1. The zero-order chi connectivity index (χ0) is 19.5. The predicted molar refractivity (Wildman–Crippen MR) is 115 cm³/mol. The molecule has 1 aromatic heterocycles. The van der Waals surface area contributed by atoms with E-state index in [1.807, 2.05) is 36.1 Å². The van der Waals surface area contributed by atoms with Crippen LogP contribution < -0.4 is 9.80 Å². The molecule has 0 atom stereocenters. The van der Waals surface area contributed by atoms with Crippen molar-refractivity contribution < 1.29 is 4.79 Å². The molecular weight excluding hydrogens is 418 g/mol. The molecule has 0 N–H and O–H groups in total. The highest BCUT2D eigenvalue weighted by molar-refractivity contribution is 9.10. The van der Waals surface area contributed by atoms with Crippen molar-refractivity contribution in [2.75, 3.05) is 49.1 Å². The molecule has 4 rings (SSSR count). The van der Waals surface area contributed by atoms with Crippen molar-refractivity contribution >= 4 is 33.5 Å². The summed E-state index contributed by atoms with van der Waals surface area (Å²) in [4.78, 5) is 28.7. The van der Waals surface area contributed by atoms with Crippen LogP contribution in [0, 0.1) is 6.92 Å². The molecule has 2 aromatic rings. The minimum absolute atomic E-state index is 0.0833. The first-order valence-corrected chi connectivity index (χ1v) is 10.8. The maximum absolute atomic E-state index is 12.8. The number of carbonyl (C=O) groups excluding carboxylic acids is 1. The van der Waals surface area contributed by atoms with Crippen LogP contribution in [0.3, 0.4) is 0 Å². The quantitative estimate of drug-likeness (QED) is 0.726. The summed E-state index contributed by atoms with van der Waals surface area (Å²) in [6.45, 7) is 7.07. The van der Waals surface area contributed by atoms with Crippen LogP contribution in [0.1, 0.15) is 35.4 Å². The van der Waals surface area contributed by atoms with Crippen molar-refractivity contribution in [3.05, 3.63) is 46.2 Å². The van der Waals surface area contributed by atoms with Crippen LogP contribution in [0.4, 0.5) is 11.6 Å². The first kappa shape index (κ1) is 19.2. The molecule has 6 nitrogen and oxygen atoms in total. The van der Waals surface area contributed by atoms with E-state index in [0.29, 0.717) is 13.1 Å². The normalized spacial score (nSPS) is 17.7. The lowest BCUT2D eigenvalue weighted by molar-refractivity contribution is 0.0745. The first-order chi connectivity index (χ1) is 13.6. The minimum atomic E-state index is 0.0833. The van der Waals surface area contributed by atoms with E-state index < -0.39 is 0 Å². The third-order valence-corrected chi connectivity index (χ3v) is 6.18. The Hall–Kier alpha value is -2.15. The number of nitrogens with zero attached hydrogens (tertiary/aromatic N) is 5. The van der Waals surface area contributed by atoms with Crippen LogP contribution in [0.5, 0.6) is 0 Å². The zero-order valence-electron chi connectivity index (χ0n) is 16.3. The van der Waals surface area contributed by atoms with Gasteiger partial charge in [-0.25, -0.2) is 9.97 Å². The molecule has 0 bridgehead atoms. The smallest absolute Gasteiger partial charge is 0.255 e. The van der Waals surface area contributed by atoms with Gasteiger partial charge >= 0.3 is 0 Å². The Bertz CT molecular complexity index is 844. The highest BCUT2D eigenvalue weighted by Gasteiger charge is 2.25. The van der Waals surface area contributed by atoms with Crippen LogP contribution in [0.15, 0.2) is 34.8 Å². The van der Waals surface area contributed by atoms with Gasteiger partial charge in [-0.3, -0.25) is 4.79 Å². The molecule has 0 saturated carbocycles. The molecule has 0 spiro atoms. The minimum Gasteiger partial charge on any atom is -0.356 e. The van der Waals surface area contributed by atoms with E-state index in [1.165, 1.54) is 19.3 Å². The molecule has 148 valence electrons. The summed E-state index contributed by atoms with van der Waals surface area (Å²) in [6.07, 6.45) is 3.77. The van der Waals surface area contributed by atoms with Crippen molar-refractivity contribution in [3.8, 4) is 0 Å². The summed E-state index contributed by atoms with van der Waals surface area (Å²) in [5.41, 5.74) is 0.723. The highest BCUT2D eigenvalue weighted by Crippen LogP contribution is 2.24. The Morgan fingerprint density at radius 3 is 2.14 bits per heavy atom. The number of aromatic nitrogens is 2. The van der Waals surface area contributed by atoms with Crippen molar-refractivity contribution in [1.82, 2.24) is 14.9 Å². The number of carbonyl (C=O) groups is 1. The van der Waals surface area contributed by atoms with Crippen molar-refractivity contribution in [2.45, 2.75) is 26.2 Å². The van der Waals surface area contributed by atoms with E-state index in [2.05, 4.69) is 41.8 Å². The monoisotopic (exact) mass is 443 g/mol. The lowest BCUT2D eigenvalue weighted by Gasteiger charge is -2.36. The number of piperidine rings is 1. The summed E-state index contributed by atoms with van der Waals surface area (Å²) in [7, 11) is 0. The summed E-state index contributed by atoms with van der Waals surface area (Å²) in [5.74, 6) is 2.90. The third kappa shape index (κ3) is 4.14. The number of amides is 1. The molecule has 1 amide bonds. The van der Waals surface area contributed by atoms with Gasteiger partial charge in [-0.05, 0) is 54.2 Å². The van der Waals surface area contributed by atoms with Crippen molar-refractivity contribution in [3.63, 3.8) is 0 Å². The van der Waals surface area contributed by atoms with Crippen LogP contribution in [0.25, 0.3) is 0 Å². The number of rotatable bonds is 3. The average Bonchev–Trinajstić information content (AvgIpc) is 2.74. The van der Waals surface area contributed by atoms with Gasteiger partial charge in [0.1, 0.15) is 17.5 Å². The first-order valence-electron chi connectivity index (χ1n) is 10.0. The molecule has 2 aliphatic rings. The summed E-state index contributed by atoms with van der Waals surface area (Å²) in [5, 5.41) is 0. The van der Waals surface area contributed by atoms with E-state index in [1.54, 1.807) is 0 Å². The molecule has 7 heteroatoms. The van der Waals surface area contributed by atoms with Gasteiger partial charge in [0.25, 0.3) is 5.91 Å². The third-order valence-electron chi connectivity index (χ3n) is 5.49. The van der Waals surface area contributed by atoms with Crippen LogP contribution in [0.2, 0.25) is 0 Å². The number of anilines is 2. The fourth-order valence-electron chi connectivity index (χ4n) is 3.93. The second kappa shape index (κ2) is 8.47. The highest BCUT2D eigenvalue weighted by atomic mass is 79.9. The van der Waals surface area contributed by atoms with Crippen molar-refractivity contribution in [1.29, 1.82) is 0 Å². The van der Waals surface area contributed by atoms with Gasteiger partial charge in [0.15, 0.2) is 0 Å². The molecule has 0 radical (unpaired) electrons. The second-order valence-corrected chi connectivity index (χ2v) is 8.29. The van der Waals surface area contributed by atoms with Gasteiger partial charge in [-0.2, -0.15) is 0 Å². The van der Waals surface area contributed by atoms with Gasteiger partial charge in [-0.15, -0.1) is 0 Å². The molecule has 1 aromatic carbocycles. The Balaban J connectivity index is 1.44. The molecular formula is C21H26BrN5O. The van der Waals surface area contributed by atoms with Gasteiger partial charge in [0.2, 0.25) is 0 Å². The Kier molecular flexibility index (Phi) is 5.80. The van der Waals surface area contributed by atoms with E-state index in [9.17, 15) is 4.79 Å². The molecule has 3 heterocycles. The van der Waals surface area contributed by atoms with Gasteiger partial charge in [0.05, 0.1) is 5.56 Å². The fraction of sp³-hybridized carbons (Fsp3) is 0.476. The number of hydrogen-bond donors (Lipinski definition) is 0. The van der Waals surface area contributed by atoms with E-state index >= 15 is 0 Å². The molecule has 0 aliphatic carbocycles. The van der Waals surface area contributed by atoms with Crippen molar-refractivity contribution in [2.24, 2.45) is 0 Å². The fourth-order valence-corrected chi connectivity index (χ4v) is 4.38. The Labute approximate surface area is 174 Å². The van der Waals surface area contributed by atoms with Crippen LogP contribution in [-0.2, 0) is 0 Å². The van der Waals surface area contributed by atoms with Crippen LogP contribution in [-0.4, -0.2) is 60.0 Å². The molecule has 28 heavy (non-hydrogen) atoms. The second-order valence-electron chi connectivity index (χ2n) is 7.44. The lowest BCUT2D eigenvalue weighted by atomic mass is 10.1. The van der Waals surface area contributed by atoms with Gasteiger partial charge in [0, 0.05) is 49.8 Å². The molecule has 2 aliphatic heterocycles. The van der Waals surface area contributed by atoms with Gasteiger partial charge < -0.3 is 14.7 Å². The number of benzene rings is 1.